The van der Waals surface area contributed by atoms with Crippen molar-refractivity contribution in [2.24, 2.45) is 0 Å². The molecular weight excluding hydrogens is 420 g/mol. The minimum absolute atomic E-state index is 0. The van der Waals surface area contributed by atoms with E-state index in [-0.39, 0.29) is 42.0 Å². The van der Waals surface area contributed by atoms with Gasteiger partial charge in [-0.3, -0.25) is 4.57 Å². The number of anilines is 1. The van der Waals surface area contributed by atoms with Crippen LogP contribution in [0, 0.1) is 0 Å². The van der Waals surface area contributed by atoms with Gasteiger partial charge in [0.15, 0.2) is 34.8 Å². The number of aromatic nitrogens is 4. The van der Waals surface area contributed by atoms with Crippen LogP contribution < -0.4 is 40.2 Å². The van der Waals surface area contributed by atoms with Crippen molar-refractivity contribution < 1.29 is 57.8 Å². The summed E-state index contributed by atoms with van der Waals surface area (Å²) in [6, 6.07) is 3.40. The first-order valence-electron chi connectivity index (χ1n) is 7.94. The topological polar surface area (TPSA) is 154 Å². The molecule has 3 N–H and O–H groups in total. The number of hydrogen-bond donors (Lipinski definition) is 2. The van der Waals surface area contributed by atoms with E-state index in [4.69, 9.17) is 35.7 Å². The molecule has 0 aromatic carbocycles. The number of hydrogen-bond acceptors (Lipinski definition) is 11. The molecule has 0 amide bonds. The molecule has 0 saturated carbocycles. The van der Waals surface area contributed by atoms with Crippen LogP contribution >= 0.6 is 6.72 Å². The van der Waals surface area contributed by atoms with E-state index in [1.54, 1.807) is 16.7 Å². The number of rotatable bonds is 2. The van der Waals surface area contributed by atoms with Crippen LogP contribution in [-0.2, 0) is 25.6 Å². The fourth-order valence-electron chi connectivity index (χ4n) is 3.29. The van der Waals surface area contributed by atoms with E-state index in [1.165, 1.54) is 12.6 Å². The molecule has 14 heteroatoms. The van der Waals surface area contributed by atoms with Gasteiger partial charge in [-0.2, -0.15) is 0 Å². The Hall–Kier alpha value is -0.920. The van der Waals surface area contributed by atoms with Gasteiger partial charge in [0, 0.05) is 0 Å². The predicted molar refractivity (Wildman–Crippen MR) is 92.5 cm³/mol. The second kappa shape index (κ2) is 7.40. The van der Waals surface area contributed by atoms with Crippen LogP contribution in [0.4, 0.5) is 5.82 Å². The van der Waals surface area contributed by atoms with E-state index < -0.39 is 31.3 Å². The van der Waals surface area contributed by atoms with Crippen molar-refractivity contribution in [3.8, 4) is 11.6 Å². The molecule has 2 aliphatic heterocycles. The summed E-state index contributed by atoms with van der Waals surface area (Å²) < 4.78 is 23.2. The molecule has 0 bridgehead atoms. The zero-order valence-electron chi connectivity index (χ0n) is 14.5. The van der Waals surface area contributed by atoms with Gasteiger partial charge in [-0.15, -0.1) is 0 Å². The Kier molecular flexibility index (Phi) is 5.38. The molecule has 0 aliphatic carbocycles. The van der Waals surface area contributed by atoms with E-state index in [1.807, 2.05) is 0 Å². The van der Waals surface area contributed by atoms with Gasteiger partial charge in [0.2, 0.25) is 0 Å². The molecule has 2 fully saturated rings. The smallest absolute Gasteiger partial charge is 0.780 e. The fraction of sp³-hybridized carbons (Fsp3) is 0.357. The second-order valence-electron chi connectivity index (χ2n) is 6.08. The molecule has 1 unspecified atom stereocenters. The number of aliphatic hydroxyl groups excluding tert-OH is 1. The fourth-order valence-corrected chi connectivity index (χ4v) is 4.72. The maximum absolute atomic E-state index is 12.0. The minimum atomic E-state index is -3.66. The Morgan fingerprint density at radius 2 is 2.21 bits per heavy atom. The third kappa shape index (κ3) is 3.23. The third-order valence-electron chi connectivity index (χ3n) is 4.46. The van der Waals surface area contributed by atoms with Crippen molar-refractivity contribution in [3.05, 3.63) is 24.7 Å². The van der Waals surface area contributed by atoms with Gasteiger partial charge in [-0.25, -0.2) is 15.0 Å². The van der Waals surface area contributed by atoms with E-state index in [0.717, 1.165) is 0 Å². The van der Waals surface area contributed by atoms with E-state index in [2.05, 4.69) is 15.0 Å². The van der Waals surface area contributed by atoms with E-state index in [9.17, 15) is 10.00 Å². The summed E-state index contributed by atoms with van der Waals surface area (Å²) in [5.74, 6) is 0.933. The second-order valence-corrected chi connectivity index (χ2v) is 8.79. The first-order valence-corrected chi connectivity index (χ1v) is 10.5. The summed E-state index contributed by atoms with van der Waals surface area (Å²) in [7, 11) is 0. The maximum atomic E-state index is 12.0. The van der Waals surface area contributed by atoms with Crippen molar-refractivity contribution in [1.82, 2.24) is 19.5 Å². The zero-order chi connectivity index (χ0) is 18.8. The summed E-state index contributed by atoms with van der Waals surface area (Å²) in [4.78, 5) is 24.6. The van der Waals surface area contributed by atoms with Gasteiger partial charge in [0.05, 0.1) is 12.9 Å². The summed E-state index contributed by atoms with van der Waals surface area (Å²) in [5.41, 5.74) is 6.60. The number of nitrogens with zero attached hydrogens (tertiary/aromatic N) is 4. The average molecular weight is 433 g/mol. The summed E-state index contributed by atoms with van der Waals surface area (Å²) in [5, 5.41) is 10.8. The average Bonchev–Trinajstić information content (AvgIpc) is 3.33. The summed E-state index contributed by atoms with van der Waals surface area (Å²) in [6.07, 6.45) is -0.949. The Labute approximate surface area is 185 Å². The van der Waals surface area contributed by atoms with Gasteiger partial charge in [-0.1, -0.05) is 11.8 Å². The molecule has 2 aliphatic rings. The third-order valence-corrected chi connectivity index (χ3v) is 6.00. The molecule has 2 saturated heterocycles. The van der Waals surface area contributed by atoms with Crippen molar-refractivity contribution in [2.45, 2.75) is 24.5 Å². The molecule has 5 heterocycles. The molecular formula is C14H13N5NaO6PS. The molecule has 11 nitrogen and oxygen atoms in total. The summed E-state index contributed by atoms with van der Waals surface area (Å²) in [6.45, 7) is -3.72. The predicted octanol–water partition coefficient (Wildman–Crippen LogP) is -3.07. The molecule has 28 heavy (non-hydrogen) atoms. The van der Waals surface area contributed by atoms with Gasteiger partial charge < -0.3 is 33.9 Å². The molecule has 3 aromatic rings. The van der Waals surface area contributed by atoms with Gasteiger partial charge >= 0.3 is 29.6 Å². The quantitative estimate of drug-likeness (QED) is 0.313. The Morgan fingerprint density at radius 1 is 1.39 bits per heavy atom. The number of nitrogens with two attached hydrogens (primary N) is 1. The van der Waals surface area contributed by atoms with Crippen molar-refractivity contribution >= 4 is 35.5 Å². The van der Waals surface area contributed by atoms with Crippen LogP contribution in [0.1, 0.15) is 6.23 Å². The van der Waals surface area contributed by atoms with Crippen LogP contribution in [0.3, 0.4) is 0 Å². The van der Waals surface area contributed by atoms with Crippen LogP contribution in [0.15, 0.2) is 29.1 Å². The first kappa shape index (κ1) is 20.4. The van der Waals surface area contributed by atoms with Crippen LogP contribution in [-0.4, -0.2) is 49.5 Å². The molecule has 0 radical (unpaired) electrons. The zero-order valence-corrected chi connectivity index (χ0v) is 18.2. The molecule has 5 atom stereocenters. The number of nitrogen functional groups attached to an aromatic ring is 1. The maximum Gasteiger partial charge on any atom is 1.00 e. The van der Waals surface area contributed by atoms with Crippen LogP contribution in [0.2, 0.25) is 0 Å². The number of furan rings is 1. The SMILES string of the molecule is Nc1ncnc2c1nc(-c1ccco1)n2[C@@H]1O[C@@H]2COP([O-])(=S)O[C@H]2[C@H]1O.[Na+]. The van der Waals surface area contributed by atoms with Crippen LogP contribution in [0.25, 0.3) is 22.7 Å². The number of imidazole rings is 1. The largest absolute Gasteiger partial charge is 1.00 e. The van der Waals surface area contributed by atoms with E-state index >= 15 is 0 Å². The monoisotopic (exact) mass is 433 g/mol. The standard InChI is InChI=1S/C14H14N5O6PS.Na/c15-11-8-13(17-5-16-11)19(12(18-8)6-2-1-3-22-6)14-9(20)10-7(24-14)4-23-26(21,27)25-10;/h1-3,5,7,9-10,14,20H,4H2,(H,21,27)(H2,15,16,17);/q;+1/p-1/t7-,9-,10-,14-,26?;/m1./s1. The minimum Gasteiger partial charge on any atom is -0.780 e. The van der Waals surface area contributed by atoms with Gasteiger partial charge in [0.25, 0.3) is 0 Å². The first-order chi connectivity index (χ1) is 12.9. The Balaban J connectivity index is 0.00000192. The molecule has 3 aromatic heterocycles. The number of fused-ring (bicyclic) bond motifs is 2. The van der Waals surface area contributed by atoms with Crippen molar-refractivity contribution in [1.29, 1.82) is 0 Å². The normalized spacial score (nSPS) is 32.2. The Morgan fingerprint density at radius 3 is 2.96 bits per heavy atom. The number of ether oxygens (including phenoxy) is 1. The molecule has 5 rings (SSSR count). The van der Waals surface area contributed by atoms with Crippen molar-refractivity contribution in [2.75, 3.05) is 12.3 Å². The number of aliphatic hydroxyl groups is 1. The van der Waals surface area contributed by atoms with Gasteiger partial charge in [0.1, 0.15) is 31.4 Å². The molecule has 0 spiro atoms. The molecule has 142 valence electrons. The van der Waals surface area contributed by atoms with Gasteiger partial charge in [-0.05, 0) is 12.1 Å². The Bertz CT molecular complexity index is 1060. The van der Waals surface area contributed by atoms with Crippen LogP contribution in [0.5, 0.6) is 0 Å². The van der Waals surface area contributed by atoms with Crippen molar-refractivity contribution in [3.63, 3.8) is 0 Å². The summed E-state index contributed by atoms with van der Waals surface area (Å²) >= 11 is 4.77. The van der Waals surface area contributed by atoms with E-state index in [0.29, 0.717) is 22.7 Å².